The molecule has 0 bridgehead atoms. The van der Waals surface area contributed by atoms with Gasteiger partial charge in [0.05, 0.1) is 47.2 Å². The molecule has 0 unspecified atom stereocenters. The van der Waals surface area contributed by atoms with Crippen molar-refractivity contribution in [3.8, 4) is 5.75 Å². The largest absolute Gasteiger partial charge is 0.493 e. The van der Waals surface area contributed by atoms with E-state index in [4.69, 9.17) is 10.5 Å². The van der Waals surface area contributed by atoms with Gasteiger partial charge in [0.25, 0.3) is 17.7 Å². The van der Waals surface area contributed by atoms with E-state index < -0.39 is 18.0 Å². The van der Waals surface area contributed by atoms with Crippen molar-refractivity contribution in [3.05, 3.63) is 125 Å². The molecule has 6 aromatic rings. The number of hydrogen-bond donors (Lipinski definition) is 4. The highest BCUT2D eigenvalue weighted by molar-refractivity contribution is 6.07. The van der Waals surface area contributed by atoms with Gasteiger partial charge >= 0.3 is 0 Å². The third kappa shape index (κ3) is 10.8. The second-order valence-electron chi connectivity index (χ2n) is 19.1. The summed E-state index contributed by atoms with van der Waals surface area (Å²) in [4.78, 5) is 103. The Labute approximate surface area is 416 Å². The summed E-state index contributed by atoms with van der Waals surface area (Å²) in [5, 5.41) is 9.06. The third-order valence-electron chi connectivity index (χ3n) is 13.0. The Morgan fingerprint density at radius 2 is 1.65 bits per heavy atom. The Morgan fingerprint density at radius 1 is 0.889 bits per heavy atom. The van der Waals surface area contributed by atoms with E-state index in [0.29, 0.717) is 58.8 Å². The number of aryl methyl sites for hydroxylation is 4. The molecule has 6 heterocycles. The number of amides is 4. The van der Waals surface area contributed by atoms with Crippen LogP contribution >= 0.6 is 0 Å². The number of nitrogens with one attached hydrogen (secondary N) is 3. The zero-order valence-electron chi connectivity index (χ0n) is 41.4. The number of imidazole rings is 1. The summed E-state index contributed by atoms with van der Waals surface area (Å²) in [6.07, 6.45) is 9.55. The van der Waals surface area contributed by atoms with Gasteiger partial charge in [0, 0.05) is 89.4 Å². The number of hydrogen-bond acceptors (Lipinski definition) is 11. The number of carbonyl (C=O) groups excluding carboxylic acids is 7. The number of nitrogens with two attached hydrogens (primary N) is 1. The molecule has 1 saturated heterocycles. The van der Waals surface area contributed by atoms with Crippen LogP contribution in [0.5, 0.6) is 5.75 Å². The summed E-state index contributed by atoms with van der Waals surface area (Å²) >= 11 is 0. The van der Waals surface area contributed by atoms with Crippen LogP contribution in [0.15, 0.2) is 90.5 Å². The van der Waals surface area contributed by atoms with Gasteiger partial charge in [-0.15, -0.1) is 0 Å². The molecule has 2 aliphatic heterocycles. The predicted molar refractivity (Wildman–Crippen MR) is 272 cm³/mol. The minimum absolute atomic E-state index is 0.0650. The van der Waals surface area contributed by atoms with Crippen molar-refractivity contribution in [2.24, 2.45) is 37.8 Å². The SMILES string of the molecule is C=C1C[C@H]2C=Nc3cc(OCCCC(=O)Nc4cn(C)c(C(=O)Cc5cc(C(=O)Nc6cc(C(=O)n7ccc8cc(CC(=O)[C@H](C)NC(=O)[C@@H](N)C(C)C)ccc87)n(C)c6)n(C)c5)n4)c(C)cc3C(=O)N2C1. The summed E-state index contributed by atoms with van der Waals surface area (Å²) < 4.78 is 12.3. The molecule has 0 spiro atoms. The minimum Gasteiger partial charge on any atom is -0.493 e. The standard InChI is InChI=1S/C53H59N11O8/c1-29(2)48(54)51(69)56-32(5)43(65)20-33-11-12-40-35(18-33)13-14-63(40)53(71)42-22-36(27-61(42)7)57-50(68)41-19-34(26-60(41)6)21-44(66)49-59-46(28-62(49)8)58-47(67)10-9-15-72-45-23-39-38(17-31(45)4)52(70)64-25-30(3)16-37(64)24-55-39/h11-14,17-19,22-24,26-29,32,37,48H,3,9-10,15-16,20-21,25,54H2,1-2,4-8H3,(H,56,69)(H,57,68)(H,58,67)/t32-,37-,48-/m0/s1. The van der Waals surface area contributed by atoms with Gasteiger partial charge in [-0.2, -0.15) is 0 Å². The fourth-order valence-electron chi connectivity index (χ4n) is 8.93. The normalized spacial score (nSPS) is 15.0. The van der Waals surface area contributed by atoms with Crippen molar-refractivity contribution >= 4 is 75.4 Å². The van der Waals surface area contributed by atoms with Crippen molar-refractivity contribution in [3.63, 3.8) is 0 Å². The lowest BCUT2D eigenvalue weighted by molar-refractivity contribution is -0.128. The number of fused-ring (bicyclic) bond motifs is 3. The molecule has 2 aromatic carbocycles. The van der Waals surface area contributed by atoms with Gasteiger partial charge in [0.2, 0.25) is 17.6 Å². The molecule has 19 heteroatoms. The summed E-state index contributed by atoms with van der Waals surface area (Å²) in [5.41, 5.74) is 11.7. The van der Waals surface area contributed by atoms with Crippen LogP contribution in [0, 0.1) is 12.8 Å². The smallest absolute Gasteiger partial charge is 0.279 e. The molecule has 19 nitrogen and oxygen atoms in total. The van der Waals surface area contributed by atoms with E-state index in [-0.39, 0.29) is 90.4 Å². The first-order valence-electron chi connectivity index (χ1n) is 23.8. The number of nitrogens with zero attached hydrogens (tertiary/aromatic N) is 7. The van der Waals surface area contributed by atoms with E-state index in [1.165, 1.54) is 9.13 Å². The molecule has 2 aliphatic rings. The summed E-state index contributed by atoms with van der Waals surface area (Å²) in [7, 11) is 5.05. The van der Waals surface area contributed by atoms with Crippen LogP contribution in [0.1, 0.15) is 98.7 Å². The number of ketones is 2. The lowest BCUT2D eigenvalue weighted by Gasteiger charge is -2.20. The molecular weight excluding hydrogens is 919 g/mol. The van der Waals surface area contributed by atoms with Gasteiger partial charge in [-0.05, 0) is 85.7 Å². The van der Waals surface area contributed by atoms with Crippen LogP contribution in [0.3, 0.4) is 0 Å². The summed E-state index contributed by atoms with van der Waals surface area (Å²) in [6, 6.07) is 12.4. The number of anilines is 2. The highest BCUT2D eigenvalue weighted by Gasteiger charge is 2.34. The number of aromatic nitrogens is 5. The zero-order chi connectivity index (χ0) is 51.7. The van der Waals surface area contributed by atoms with E-state index in [1.807, 2.05) is 26.8 Å². The Bertz CT molecular complexity index is 3220. The van der Waals surface area contributed by atoms with E-state index in [9.17, 15) is 33.6 Å². The van der Waals surface area contributed by atoms with Gasteiger partial charge in [0.15, 0.2) is 17.4 Å². The fraction of sp³-hybridized carbons (Fsp3) is 0.340. The Balaban J connectivity index is 0.818. The van der Waals surface area contributed by atoms with E-state index in [2.05, 4.69) is 32.5 Å². The van der Waals surface area contributed by atoms with Crippen LogP contribution < -0.4 is 26.4 Å². The van der Waals surface area contributed by atoms with Gasteiger partial charge in [-0.1, -0.05) is 32.1 Å². The van der Waals surface area contributed by atoms with Crippen LogP contribution in [0.4, 0.5) is 17.2 Å². The second kappa shape index (κ2) is 20.6. The van der Waals surface area contributed by atoms with Crippen LogP contribution in [-0.2, 0) is 48.4 Å². The van der Waals surface area contributed by atoms with Crippen molar-refractivity contribution < 1.29 is 38.3 Å². The lowest BCUT2D eigenvalue weighted by atomic mass is 10.0. The third-order valence-corrected chi connectivity index (χ3v) is 13.0. The number of benzene rings is 2. The molecule has 3 atom stereocenters. The minimum atomic E-state index is -0.721. The Kier molecular flexibility index (Phi) is 14.4. The van der Waals surface area contributed by atoms with Gasteiger partial charge < -0.3 is 45.0 Å². The van der Waals surface area contributed by atoms with Gasteiger partial charge in [-0.3, -0.25) is 43.1 Å². The Morgan fingerprint density at radius 3 is 2.42 bits per heavy atom. The number of carbonyl (C=O) groups is 7. The molecule has 4 aromatic heterocycles. The summed E-state index contributed by atoms with van der Waals surface area (Å²) in [5.74, 6) is -1.20. The molecule has 0 aliphatic carbocycles. The van der Waals surface area contributed by atoms with E-state index >= 15 is 0 Å². The number of ether oxygens (including phenoxy) is 1. The number of aliphatic imine (C=N–C) groups is 1. The molecule has 374 valence electrons. The molecule has 0 saturated carbocycles. The van der Waals surface area contributed by atoms with Crippen molar-refractivity contribution in [1.29, 1.82) is 0 Å². The average molecular weight is 978 g/mol. The predicted octanol–water partition coefficient (Wildman–Crippen LogP) is 5.61. The number of rotatable bonds is 18. The molecule has 4 amide bonds. The van der Waals surface area contributed by atoms with Crippen LogP contribution in [-0.4, -0.2) is 107 Å². The van der Waals surface area contributed by atoms with Crippen LogP contribution in [0.25, 0.3) is 10.9 Å². The molecular formula is C53H59N11O8. The maximum atomic E-state index is 13.9. The fourth-order valence-corrected chi connectivity index (χ4v) is 8.93. The monoisotopic (exact) mass is 977 g/mol. The highest BCUT2D eigenvalue weighted by atomic mass is 16.5. The van der Waals surface area contributed by atoms with E-state index in [0.717, 1.165) is 22.1 Å². The number of Topliss-reactive ketones (excluding diaryl/α,β-unsaturated/α-hetero) is 2. The van der Waals surface area contributed by atoms with E-state index in [1.54, 1.807) is 116 Å². The second-order valence-corrected chi connectivity index (χ2v) is 19.1. The lowest BCUT2D eigenvalue weighted by Crippen LogP contribution is -2.49. The maximum Gasteiger partial charge on any atom is 0.279 e. The quantitative estimate of drug-likeness (QED) is 0.0472. The molecule has 72 heavy (non-hydrogen) atoms. The maximum absolute atomic E-state index is 13.9. The average Bonchev–Trinajstić information content (AvgIpc) is 4.16. The van der Waals surface area contributed by atoms with Gasteiger partial charge in [0.1, 0.15) is 17.1 Å². The Hall–Kier alpha value is -8.19. The first-order valence-corrected chi connectivity index (χ1v) is 23.8. The van der Waals surface area contributed by atoms with Crippen molar-refractivity contribution in [2.45, 2.75) is 77.9 Å². The molecule has 8 rings (SSSR count). The van der Waals surface area contributed by atoms with Crippen molar-refractivity contribution in [2.75, 3.05) is 23.8 Å². The first-order chi connectivity index (χ1) is 34.2. The van der Waals surface area contributed by atoms with Crippen molar-refractivity contribution in [1.82, 2.24) is 33.5 Å². The molecule has 5 N–H and O–H groups in total. The highest BCUT2D eigenvalue weighted by Crippen LogP contribution is 2.35. The zero-order valence-corrected chi connectivity index (χ0v) is 41.4. The first kappa shape index (κ1) is 50.2. The molecule has 0 radical (unpaired) electrons. The molecule has 1 fully saturated rings. The van der Waals surface area contributed by atoms with Crippen LogP contribution in [0.2, 0.25) is 0 Å². The topological polar surface area (TPSA) is 239 Å². The van der Waals surface area contributed by atoms with Gasteiger partial charge in [-0.25, -0.2) is 4.98 Å². The summed E-state index contributed by atoms with van der Waals surface area (Å²) in [6.45, 7) is 12.0.